The summed E-state index contributed by atoms with van der Waals surface area (Å²) in [5, 5.41) is 18.8. The predicted molar refractivity (Wildman–Crippen MR) is 94.4 cm³/mol. The van der Waals surface area contributed by atoms with E-state index in [9.17, 15) is 5.11 Å². The summed E-state index contributed by atoms with van der Waals surface area (Å²) in [5.41, 5.74) is 2.42. The van der Waals surface area contributed by atoms with E-state index < -0.39 is 0 Å². The first-order valence-corrected chi connectivity index (χ1v) is 8.32. The molecule has 1 N–H and O–H groups in total. The number of aromatic hydroxyl groups is 1. The summed E-state index contributed by atoms with van der Waals surface area (Å²) >= 11 is 1.73. The van der Waals surface area contributed by atoms with Crippen LogP contribution in [0.2, 0.25) is 0 Å². The molecule has 5 heteroatoms. The van der Waals surface area contributed by atoms with Crippen LogP contribution in [0.4, 0.5) is 0 Å². The van der Waals surface area contributed by atoms with Gasteiger partial charge in [-0.1, -0.05) is 18.2 Å². The third kappa shape index (κ3) is 5.04. The molecule has 2 aromatic carbocycles. The highest BCUT2D eigenvalue weighted by molar-refractivity contribution is 7.98. The molecule has 2 aromatic rings. The van der Waals surface area contributed by atoms with Gasteiger partial charge in [0.25, 0.3) is 0 Å². The van der Waals surface area contributed by atoms with Crippen LogP contribution in [0.5, 0.6) is 11.5 Å². The van der Waals surface area contributed by atoms with Gasteiger partial charge in [-0.3, -0.25) is 4.99 Å². The molecule has 0 aromatic heterocycles. The van der Waals surface area contributed by atoms with Crippen LogP contribution in [-0.4, -0.2) is 30.7 Å². The molecule has 0 aliphatic heterocycles. The molecule has 0 saturated carbocycles. The summed E-state index contributed by atoms with van der Waals surface area (Å²) in [6.45, 7) is 0.649. The van der Waals surface area contributed by atoms with E-state index >= 15 is 0 Å². The van der Waals surface area contributed by atoms with E-state index in [0.29, 0.717) is 17.9 Å². The Kier molecular flexibility index (Phi) is 6.52. The highest BCUT2D eigenvalue weighted by Crippen LogP contribution is 2.21. The molecule has 0 aliphatic carbocycles. The Balaban J connectivity index is 1.80. The fourth-order valence-electron chi connectivity index (χ4n) is 1.98. The predicted octanol–water partition coefficient (Wildman–Crippen LogP) is 3.62. The van der Waals surface area contributed by atoms with E-state index in [2.05, 4.69) is 11.1 Å². The second-order valence-electron chi connectivity index (χ2n) is 4.78. The molecule has 0 saturated heterocycles. The summed E-state index contributed by atoms with van der Waals surface area (Å²) < 4.78 is 5.12. The maximum atomic E-state index is 9.76. The molecular formula is C18H18N2O2S. The minimum absolute atomic E-state index is 0.185. The molecule has 4 nitrogen and oxygen atoms in total. The molecule has 0 bridgehead atoms. The van der Waals surface area contributed by atoms with Crippen LogP contribution in [0.15, 0.2) is 47.5 Å². The first-order valence-electron chi connectivity index (χ1n) is 7.17. The van der Waals surface area contributed by atoms with Gasteiger partial charge in [0.2, 0.25) is 0 Å². The third-order valence-electron chi connectivity index (χ3n) is 3.23. The lowest BCUT2D eigenvalue weighted by molar-refractivity contribution is 0.412. The highest BCUT2D eigenvalue weighted by Gasteiger charge is 2.01. The Morgan fingerprint density at radius 2 is 2.13 bits per heavy atom. The second-order valence-corrected chi connectivity index (χ2v) is 5.89. The Morgan fingerprint density at radius 1 is 1.30 bits per heavy atom. The lowest BCUT2D eigenvalue weighted by Gasteiger charge is -2.03. The molecule has 0 amide bonds. The van der Waals surface area contributed by atoms with E-state index in [1.807, 2.05) is 24.3 Å². The smallest absolute Gasteiger partial charge is 0.124 e. The van der Waals surface area contributed by atoms with Crippen molar-refractivity contribution in [1.29, 1.82) is 5.26 Å². The van der Waals surface area contributed by atoms with Crippen molar-refractivity contribution in [3.05, 3.63) is 59.2 Å². The average molecular weight is 326 g/mol. The summed E-state index contributed by atoms with van der Waals surface area (Å²) in [5.74, 6) is 2.52. The Morgan fingerprint density at radius 3 is 2.91 bits per heavy atom. The standard InChI is InChI=1S/C18H18N2O2S/c1-22-17-6-7-18(21)16(10-17)12-20-8-9-23-13-15-5-3-2-4-14(15)11-19/h2-7,10,12,21H,8-9,13H2,1H3. The van der Waals surface area contributed by atoms with Crippen molar-refractivity contribution in [3.8, 4) is 17.6 Å². The van der Waals surface area contributed by atoms with Crippen molar-refractivity contribution in [1.82, 2.24) is 0 Å². The maximum absolute atomic E-state index is 9.76. The van der Waals surface area contributed by atoms with Crippen LogP contribution >= 0.6 is 11.8 Å². The van der Waals surface area contributed by atoms with Gasteiger partial charge in [-0.05, 0) is 29.8 Å². The van der Waals surface area contributed by atoms with Crippen molar-refractivity contribution in [2.45, 2.75) is 5.75 Å². The topological polar surface area (TPSA) is 65.6 Å². The fraction of sp³-hybridized carbons (Fsp3) is 0.222. The SMILES string of the molecule is COc1ccc(O)c(C=NCCSCc2ccccc2C#N)c1. The highest BCUT2D eigenvalue weighted by atomic mass is 32.2. The molecule has 0 unspecified atom stereocenters. The summed E-state index contributed by atoms with van der Waals surface area (Å²) in [6.07, 6.45) is 1.65. The number of thioether (sulfide) groups is 1. The van der Waals surface area contributed by atoms with Gasteiger partial charge in [0, 0.05) is 29.8 Å². The zero-order valence-electron chi connectivity index (χ0n) is 12.9. The van der Waals surface area contributed by atoms with Gasteiger partial charge >= 0.3 is 0 Å². The monoisotopic (exact) mass is 326 g/mol. The number of hydrogen-bond donors (Lipinski definition) is 1. The summed E-state index contributed by atoms with van der Waals surface area (Å²) in [7, 11) is 1.59. The molecule has 0 spiro atoms. The molecule has 118 valence electrons. The van der Waals surface area contributed by atoms with Gasteiger partial charge in [0.1, 0.15) is 11.5 Å². The zero-order chi connectivity index (χ0) is 16.5. The van der Waals surface area contributed by atoms with Gasteiger partial charge in [-0.25, -0.2) is 0 Å². The lowest BCUT2D eigenvalue weighted by Crippen LogP contribution is -1.92. The number of ether oxygens (including phenoxy) is 1. The normalized spacial score (nSPS) is 10.6. The summed E-state index contributed by atoms with van der Waals surface area (Å²) in [4.78, 5) is 4.33. The van der Waals surface area contributed by atoms with Gasteiger partial charge in [-0.15, -0.1) is 0 Å². The molecular weight excluding hydrogens is 308 g/mol. The van der Waals surface area contributed by atoms with Crippen molar-refractivity contribution in [2.24, 2.45) is 4.99 Å². The lowest BCUT2D eigenvalue weighted by atomic mass is 10.1. The summed E-state index contributed by atoms with van der Waals surface area (Å²) in [6, 6.07) is 14.9. The van der Waals surface area contributed by atoms with E-state index in [-0.39, 0.29) is 5.75 Å². The number of hydrogen-bond acceptors (Lipinski definition) is 5. The average Bonchev–Trinajstić information content (AvgIpc) is 2.59. The van der Waals surface area contributed by atoms with Gasteiger partial charge < -0.3 is 9.84 Å². The van der Waals surface area contributed by atoms with Crippen LogP contribution in [0.25, 0.3) is 0 Å². The number of phenolic OH excluding ortho intramolecular Hbond substituents is 1. The van der Waals surface area contributed by atoms with Crippen molar-refractivity contribution >= 4 is 18.0 Å². The number of aliphatic imine (C=N–C) groups is 1. The number of nitriles is 1. The van der Waals surface area contributed by atoms with Crippen LogP contribution in [0.3, 0.4) is 0 Å². The molecule has 23 heavy (non-hydrogen) atoms. The van der Waals surface area contributed by atoms with Crippen molar-refractivity contribution < 1.29 is 9.84 Å². The number of benzene rings is 2. The Bertz CT molecular complexity index is 723. The minimum atomic E-state index is 0.185. The van der Waals surface area contributed by atoms with Gasteiger partial charge in [0.05, 0.1) is 18.7 Å². The Labute approximate surface area is 140 Å². The third-order valence-corrected chi connectivity index (χ3v) is 4.21. The van der Waals surface area contributed by atoms with Gasteiger partial charge in [0.15, 0.2) is 0 Å². The van der Waals surface area contributed by atoms with E-state index in [1.165, 1.54) is 0 Å². The van der Waals surface area contributed by atoms with Crippen molar-refractivity contribution in [3.63, 3.8) is 0 Å². The molecule has 0 radical (unpaired) electrons. The molecule has 0 aliphatic rings. The Hall–Kier alpha value is -2.45. The zero-order valence-corrected chi connectivity index (χ0v) is 13.7. The first-order chi connectivity index (χ1) is 11.2. The molecule has 0 heterocycles. The van der Waals surface area contributed by atoms with Crippen LogP contribution in [0.1, 0.15) is 16.7 Å². The minimum Gasteiger partial charge on any atom is -0.507 e. The quantitative estimate of drug-likeness (QED) is 0.623. The number of methoxy groups -OCH3 is 1. The van der Waals surface area contributed by atoms with Gasteiger partial charge in [-0.2, -0.15) is 17.0 Å². The first kappa shape index (κ1) is 16.9. The van der Waals surface area contributed by atoms with Crippen LogP contribution < -0.4 is 4.74 Å². The fourth-order valence-corrected chi connectivity index (χ4v) is 2.83. The largest absolute Gasteiger partial charge is 0.507 e. The van der Waals surface area contributed by atoms with Crippen molar-refractivity contribution in [2.75, 3.05) is 19.4 Å². The maximum Gasteiger partial charge on any atom is 0.124 e. The number of rotatable bonds is 7. The van der Waals surface area contributed by atoms with Crippen LogP contribution in [0, 0.1) is 11.3 Å². The van der Waals surface area contributed by atoms with E-state index in [0.717, 1.165) is 22.6 Å². The number of phenols is 1. The van der Waals surface area contributed by atoms with Crippen LogP contribution in [-0.2, 0) is 5.75 Å². The molecule has 0 fully saturated rings. The molecule has 0 atom stereocenters. The molecule has 2 rings (SSSR count). The van der Waals surface area contributed by atoms with E-state index in [1.54, 1.807) is 43.3 Å². The second kappa shape index (κ2) is 8.86. The number of nitrogens with zero attached hydrogens (tertiary/aromatic N) is 2. The van der Waals surface area contributed by atoms with E-state index in [4.69, 9.17) is 10.00 Å².